The van der Waals surface area contributed by atoms with E-state index >= 15 is 0 Å². The lowest BCUT2D eigenvalue weighted by Crippen LogP contribution is -2.37. The second kappa shape index (κ2) is 7.35. The number of benzene rings is 2. The summed E-state index contributed by atoms with van der Waals surface area (Å²) < 4.78 is 1.58. The summed E-state index contributed by atoms with van der Waals surface area (Å²) in [6.07, 6.45) is 0. The summed E-state index contributed by atoms with van der Waals surface area (Å²) in [5.74, 6) is -2.35. The molecule has 4 aromatic rings. The molecule has 0 saturated heterocycles. The minimum Gasteiger partial charge on any atom is -0.292 e. The number of thiazole rings is 1. The highest BCUT2D eigenvalue weighted by molar-refractivity contribution is 7.15. The van der Waals surface area contributed by atoms with Crippen LogP contribution < -0.4 is 5.32 Å². The highest BCUT2D eigenvalue weighted by Gasteiger charge is 2.41. The lowest BCUT2D eigenvalue weighted by Gasteiger charge is -2.12. The summed E-state index contributed by atoms with van der Waals surface area (Å²) in [6.45, 7) is -0.623. The topological polar surface area (TPSA) is 140 Å². The van der Waals surface area contributed by atoms with Crippen LogP contribution in [0.25, 0.3) is 16.2 Å². The van der Waals surface area contributed by atoms with Crippen molar-refractivity contribution in [3.8, 4) is 11.3 Å². The number of aromatic nitrogens is 3. The van der Waals surface area contributed by atoms with Gasteiger partial charge in [-0.05, 0) is 6.07 Å². The predicted molar refractivity (Wildman–Crippen MR) is 113 cm³/mol. The molecule has 2 aromatic heterocycles. The summed E-state index contributed by atoms with van der Waals surface area (Å²) in [5.41, 5.74) is 0.821. The number of hydrogen-bond acceptors (Lipinski definition) is 8. The van der Waals surface area contributed by atoms with Gasteiger partial charge in [-0.3, -0.25) is 34.7 Å². The van der Waals surface area contributed by atoms with E-state index in [9.17, 15) is 24.5 Å². The zero-order valence-electron chi connectivity index (χ0n) is 16.1. The minimum absolute atomic E-state index is 0.0154. The number of nitro groups is 1. The molecule has 0 aliphatic carbocycles. The van der Waals surface area contributed by atoms with Crippen LogP contribution in [-0.4, -0.2) is 48.7 Å². The van der Waals surface area contributed by atoms with E-state index in [4.69, 9.17) is 0 Å². The maximum atomic E-state index is 12.6. The van der Waals surface area contributed by atoms with Crippen LogP contribution in [0.1, 0.15) is 20.7 Å². The van der Waals surface area contributed by atoms with Crippen LogP contribution >= 0.6 is 11.3 Å². The number of imide groups is 1. The van der Waals surface area contributed by atoms with Gasteiger partial charge in [0.15, 0.2) is 0 Å². The number of rotatable bonds is 5. The van der Waals surface area contributed by atoms with Crippen LogP contribution in [0.2, 0.25) is 0 Å². The third-order valence-electron chi connectivity index (χ3n) is 4.88. The van der Waals surface area contributed by atoms with Crippen molar-refractivity contribution in [2.75, 3.05) is 11.9 Å². The Bertz CT molecular complexity index is 1430. The van der Waals surface area contributed by atoms with E-state index in [1.54, 1.807) is 4.52 Å². The molecular formula is C20H12N6O5S. The molecular weight excluding hydrogens is 436 g/mol. The van der Waals surface area contributed by atoms with Gasteiger partial charge in [-0.25, -0.2) is 4.52 Å². The molecule has 1 aliphatic rings. The third kappa shape index (κ3) is 3.09. The van der Waals surface area contributed by atoms with Gasteiger partial charge in [0.2, 0.25) is 10.9 Å². The SMILES string of the molecule is O=C(CN1C(=O)c2cccc([N+](=O)[O-])c2C1=O)Nc1nc2scc(-c3ccccc3)n2n1. The Kier molecular flexibility index (Phi) is 4.48. The molecule has 32 heavy (non-hydrogen) atoms. The van der Waals surface area contributed by atoms with Gasteiger partial charge in [0.1, 0.15) is 12.1 Å². The Morgan fingerprint density at radius 1 is 1.09 bits per heavy atom. The fourth-order valence-corrected chi connectivity index (χ4v) is 4.29. The number of carbonyl (C=O) groups excluding carboxylic acids is 3. The first kappa shape index (κ1) is 19.5. The van der Waals surface area contributed by atoms with Crippen LogP contribution in [0.3, 0.4) is 0 Å². The van der Waals surface area contributed by atoms with E-state index in [2.05, 4.69) is 15.4 Å². The first-order valence-corrected chi connectivity index (χ1v) is 10.1. The zero-order valence-corrected chi connectivity index (χ0v) is 16.9. The number of nitrogens with one attached hydrogen (secondary N) is 1. The van der Waals surface area contributed by atoms with Crippen LogP contribution in [0.5, 0.6) is 0 Å². The summed E-state index contributed by atoms with van der Waals surface area (Å²) in [5, 5.41) is 19.8. The number of anilines is 1. The molecule has 3 heterocycles. The van der Waals surface area contributed by atoms with Crippen molar-refractivity contribution in [3.05, 3.63) is 75.2 Å². The van der Waals surface area contributed by atoms with Gasteiger partial charge in [0.25, 0.3) is 23.5 Å². The van der Waals surface area contributed by atoms with Gasteiger partial charge >= 0.3 is 0 Å². The molecule has 2 aromatic carbocycles. The number of amides is 3. The highest BCUT2D eigenvalue weighted by atomic mass is 32.1. The van der Waals surface area contributed by atoms with Gasteiger partial charge < -0.3 is 0 Å². The molecule has 3 amide bonds. The molecule has 11 nitrogen and oxygen atoms in total. The molecule has 0 bridgehead atoms. The van der Waals surface area contributed by atoms with E-state index in [-0.39, 0.29) is 17.1 Å². The van der Waals surface area contributed by atoms with Gasteiger partial charge in [0, 0.05) is 17.0 Å². The van der Waals surface area contributed by atoms with E-state index in [1.165, 1.54) is 23.5 Å². The quantitative estimate of drug-likeness (QED) is 0.281. The zero-order chi connectivity index (χ0) is 22.4. The average molecular weight is 448 g/mol. The Morgan fingerprint density at radius 3 is 2.62 bits per heavy atom. The summed E-state index contributed by atoms with van der Waals surface area (Å²) >= 11 is 1.34. The standard InChI is InChI=1S/C20H12N6O5S/c27-15(9-24-17(28)12-7-4-8-13(26(30)31)16(12)18(24)29)21-19-22-20-25(23-19)14(10-32-20)11-5-2-1-3-6-11/h1-8,10H,9H2,(H,21,23,27). The minimum atomic E-state index is -0.891. The summed E-state index contributed by atoms with van der Waals surface area (Å²) in [6, 6.07) is 13.3. The van der Waals surface area contributed by atoms with Crippen LogP contribution in [0.15, 0.2) is 53.9 Å². The Hall–Kier alpha value is -4.45. The predicted octanol–water partition coefficient (Wildman–Crippen LogP) is 2.60. The fourth-order valence-electron chi connectivity index (χ4n) is 3.46. The van der Waals surface area contributed by atoms with Gasteiger partial charge in [-0.2, -0.15) is 4.98 Å². The highest BCUT2D eigenvalue weighted by Crippen LogP contribution is 2.30. The van der Waals surface area contributed by atoms with Crippen molar-refractivity contribution < 1.29 is 19.3 Å². The lowest BCUT2D eigenvalue weighted by atomic mass is 10.1. The van der Waals surface area contributed by atoms with Crippen molar-refractivity contribution in [2.24, 2.45) is 0 Å². The molecule has 1 aliphatic heterocycles. The molecule has 158 valence electrons. The van der Waals surface area contributed by atoms with E-state index in [1.807, 2.05) is 35.7 Å². The molecule has 1 N–H and O–H groups in total. The van der Waals surface area contributed by atoms with Crippen LogP contribution in [-0.2, 0) is 4.79 Å². The van der Waals surface area contributed by atoms with Crippen LogP contribution in [0, 0.1) is 10.1 Å². The molecule has 0 unspecified atom stereocenters. The molecule has 0 spiro atoms. The number of hydrogen-bond donors (Lipinski definition) is 1. The van der Waals surface area contributed by atoms with Crippen molar-refractivity contribution >= 4 is 45.7 Å². The summed E-state index contributed by atoms with van der Waals surface area (Å²) in [4.78, 5) is 53.6. The van der Waals surface area contributed by atoms with Crippen molar-refractivity contribution in [1.82, 2.24) is 19.5 Å². The molecule has 0 radical (unpaired) electrons. The Balaban J connectivity index is 1.35. The smallest absolute Gasteiger partial charge is 0.282 e. The second-order valence-electron chi connectivity index (χ2n) is 6.82. The average Bonchev–Trinajstić information content (AvgIpc) is 3.42. The molecule has 5 rings (SSSR count). The largest absolute Gasteiger partial charge is 0.292 e. The Morgan fingerprint density at radius 2 is 1.88 bits per heavy atom. The third-order valence-corrected chi connectivity index (χ3v) is 5.69. The van der Waals surface area contributed by atoms with Gasteiger partial charge in [-0.1, -0.05) is 36.4 Å². The van der Waals surface area contributed by atoms with E-state index in [0.717, 1.165) is 17.3 Å². The first-order valence-electron chi connectivity index (χ1n) is 9.27. The number of nitrogens with zero attached hydrogens (tertiary/aromatic N) is 5. The van der Waals surface area contributed by atoms with Gasteiger partial charge in [-0.15, -0.1) is 16.4 Å². The monoisotopic (exact) mass is 448 g/mol. The fraction of sp³-hybridized carbons (Fsp3) is 0.0500. The number of carbonyl (C=O) groups is 3. The maximum Gasteiger partial charge on any atom is 0.282 e. The summed E-state index contributed by atoms with van der Waals surface area (Å²) in [7, 11) is 0. The number of nitro benzene ring substituents is 1. The molecule has 0 atom stereocenters. The van der Waals surface area contributed by atoms with Crippen LogP contribution in [0.4, 0.5) is 11.6 Å². The van der Waals surface area contributed by atoms with E-state index in [0.29, 0.717) is 9.86 Å². The second-order valence-corrected chi connectivity index (χ2v) is 7.65. The van der Waals surface area contributed by atoms with Gasteiger partial charge in [0.05, 0.1) is 16.2 Å². The Labute approximate surface area is 183 Å². The first-order chi connectivity index (χ1) is 15.4. The number of fused-ring (bicyclic) bond motifs is 2. The molecule has 0 fully saturated rings. The van der Waals surface area contributed by atoms with E-state index < -0.39 is 34.9 Å². The lowest BCUT2D eigenvalue weighted by molar-refractivity contribution is -0.385. The molecule has 0 saturated carbocycles. The van der Waals surface area contributed by atoms with Crippen molar-refractivity contribution in [2.45, 2.75) is 0 Å². The van der Waals surface area contributed by atoms with Crippen molar-refractivity contribution in [1.29, 1.82) is 0 Å². The normalized spacial score (nSPS) is 12.9. The molecule has 12 heteroatoms. The van der Waals surface area contributed by atoms with Crippen molar-refractivity contribution in [3.63, 3.8) is 0 Å². The maximum absolute atomic E-state index is 12.6.